The zero-order valence-electron chi connectivity index (χ0n) is 13.5. The van der Waals surface area contributed by atoms with Crippen LogP contribution >= 0.6 is 0 Å². The quantitative estimate of drug-likeness (QED) is 0.839. The molecule has 2 N–H and O–H groups in total. The number of nitrogens with two attached hydrogens (primary N) is 1. The Labute approximate surface area is 124 Å². The van der Waals surface area contributed by atoms with E-state index in [-0.39, 0.29) is 5.41 Å². The smallest absolute Gasteiger partial charge is 0.0314 e. The van der Waals surface area contributed by atoms with Crippen molar-refractivity contribution in [2.75, 3.05) is 19.3 Å². The van der Waals surface area contributed by atoms with Crippen LogP contribution in [0.3, 0.4) is 0 Å². The first-order valence-corrected chi connectivity index (χ1v) is 7.96. The number of nitrogens with zero attached hydrogens (tertiary/aromatic N) is 1. The normalized spacial score (nSPS) is 24.1. The average Bonchev–Trinajstić information content (AvgIpc) is 2.39. The second kappa shape index (κ2) is 6.17. The average molecular weight is 274 g/mol. The zero-order valence-corrected chi connectivity index (χ0v) is 13.5. The van der Waals surface area contributed by atoms with Gasteiger partial charge in [0, 0.05) is 23.7 Å². The van der Waals surface area contributed by atoms with Crippen LogP contribution in [-0.4, -0.2) is 24.5 Å². The van der Waals surface area contributed by atoms with Gasteiger partial charge >= 0.3 is 0 Å². The van der Waals surface area contributed by atoms with Crippen molar-refractivity contribution in [1.82, 2.24) is 4.90 Å². The van der Waals surface area contributed by atoms with Gasteiger partial charge in [-0.05, 0) is 43.5 Å². The number of nitrogen functional groups attached to an aromatic ring is 1. The van der Waals surface area contributed by atoms with Crippen molar-refractivity contribution >= 4 is 5.69 Å². The van der Waals surface area contributed by atoms with Crippen molar-refractivity contribution in [2.45, 2.75) is 57.9 Å². The Morgan fingerprint density at radius 2 is 1.75 bits per heavy atom. The van der Waals surface area contributed by atoms with E-state index in [0.29, 0.717) is 0 Å². The third kappa shape index (κ3) is 3.54. The summed E-state index contributed by atoms with van der Waals surface area (Å²) < 4.78 is 0. The predicted molar refractivity (Wildman–Crippen MR) is 87.9 cm³/mol. The Hall–Kier alpha value is -1.02. The maximum absolute atomic E-state index is 5.80. The molecular formula is C18H30N2. The highest BCUT2D eigenvalue weighted by molar-refractivity contribution is 5.41. The van der Waals surface area contributed by atoms with E-state index in [2.05, 4.69) is 44.9 Å². The summed E-state index contributed by atoms with van der Waals surface area (Å²) in [5.41, 5.74) is 8.19. The van der Waals surface area contributed by atoms with E-state index in [4.69, 9.17) is 5.73 Å². The predicted octanol–water partition coefficient (Wildman–Crippen LogP) is 4.06. The number of anilines is 1. The van der Waals surface area contributed by atoms with Crippen LogP contribution in [0, 0.1) is 5.92 Å². The van der Waals surface area contributed by atoms with Gasteiger partial charge < -0.3 is 10.6 Å². The molecule has 0 amide bonds. The highest BCUT2D eigenvalue weighted by Gasteiger charge is 2.29. The van der Waals surface area contributed by atoms with Gasteiger partial charge in [0.25, 0.3) is 0 Å². The maximum atomic E-state index is 5.80. The summed E-state index contributed by atoms with van der Waals surface area (Å²) in [5, 5.41) is 0. The number of benzene rings is 1. The SMILES string of the molecule is CC1CCCCC1N(C)CC(C)(C)c1ccc(N)cc1. The van der Waals surface area contributed by atoms with Crippen molar-refractivity contribution in [3.8, 4) is 0 Å². The Morgan fingerprint density at radius 3 is 2.35 bits per heavy atom. The highest BCUT2D eigenvalue weighted by Crippen LogP contribution is 2.31. The summed E-state index contributed by atoms with van der Waals surface area (Å²) in [4.78, 5) is 2.58. The first-order chi connectivity index (χ1) is 9.40. The van der Waals surface area contributed by atoms with Gasteiger partial charge in [-0.1, -0.05) is 45.7 Å². The van der Waals surface area contributed by atoms with Crippen molar-refractivity contribution < 1.29 is 0 Å². The molecule has 0 spiro atoms. The molecule has 0 saturated heterocycles. The van der Waals surface area contributed by atoms with Crippen LogP contribution < -0.4 is 5.73 Å². The van der Waals surface area contributed by atoms with Gasteiger partial charge in [-0.3, -0.25) is 0 Å². The number of likely N-dealkylation sites (N-methyl/N-ethyl adjacent to an activating group) is 1. The topological polar surface area (TPSA) is 29.3 Å². The molecule has 20 heavy (non-hydrogen) atoms. The maximum Gasteiger partial charge on any atom is 0.0314 e. The molecule has 1 aliphatic carbocycles. The molecule has 2 unspecified atom stereocenters. The van der Waals surface area contributed by atoms with Crippen molar-refractivity contribution in [3.63, 3.8) is 0 Å². The fourth-order valence-corrected chi connectivity index (χ4v) is 3.72. The van der Waals surface area contributed by atoms with Gasteiger partial charge in [0.2, 0.25) is 0 Å². The van der Waals surface area contributed by atoms with Crippen molar-refractivity contribution in [1.29, 1.82) is 0 Å². The molecule has 0 aliphatic heterocycles. The van der Waals surface area contributed by atoms with E-state index < -0.39 is 0 Å². The van der Waals surface area contributed by atoms with E-state index in [1.807, 2.05) is 12.1 Å². The lowest BCUT2D eigenvalue weighted by Crippen LogP contribution is -2.44. The van der Waals surface area contributed by atoms with E-state index in [9.17, 15) is 0 Å². The molecule has 1 aliphatic rings. The van der Waals surface area contributed by atoms with Crippen LogP contribution in [0.1, 0.15) is 52.0 Å². The lowest BCUT2D eigenvalue weighted by Gasteiger charge is -2.40. The van der Waals surface area contributed by atoms with Crippen LogP contribution in [0.15, 0.2) is 24.3 Å². The number of rotatable bonds is 4. The Balaban J connectivity index is 2.04. The lowest BCUT2D eigenvalue weighted by molar-refractivity contribution is 0.118. The van der Waals surface area contributed by atoms with Crippen LogP contribution in [-0.2, 0) is 5.41 Å². The molecule has 112 valence electrons. The summed E-state index contributed by atoms with van der Waals surface area (Å²) in [6.07, 6.45) is 5.54. The Kier molecular flexibility index (Phi) is 4.74. The molecular weight excluding hydrogens is 244 g/mol. The van der Waals surface area contributed by atoms with Crippen LogP contribution in [0.4, 0.5) is 5.69 Å². The molecule has 1 fully saturated rings. The minimum Gasteiger partial charge on any atom is -0.399 e. The fourth-order valence-electron chi connectivity index (χ4n) is 3.72. The van der Waals surface area contributed by atoms with E-state index in [1.54, 1.807) is 0 Å². The number of hydrogen-bond donors (Lipinski definition) is 1. The largest absolute Gasteiger partial charge is 0.399 e. The molecule has 1 aromatic rings. The summed E-state index contributed by atoms with van der Waals surface area (Å²) in [7, 11) is 2.30. The van der Waals surface area contributed by atoms with Gasteiger partial charge in [-0.25, -0.2) is 0 Å². The standard InChI is InChI=1S/C18H30N2/c1-14-7-5-6-8-17(14)20(4)13-18(2,3)15-9-11-16(19)12-10-15/h9-12,14,17H,5-8,13,19H2,1-4H3. The monoisotopic (exact) mass is 274 g/mol. The van der Waals surface area contributed by atoms with Gasteiger partial charge in [0.15, 0.2) is 0 Å². The first kappa shape index (κ1) is 15.4. The highest BCUT2D eigenvalue weighted by atomic mass is 15.1. The van der Waals surface area contributed by atoms with Crippen molar-refractivity contribution in [2.24, 2.45) is 5.92 Å². The summed E-state index contributed by atoms with van der Waals surface area (Å²) in [6.45, 7) is 8.19. The van der Waals surface area contributed by atoms with Gasteiger partial charge in [-0.2, -0.15) is 0 Å². The molecule has 0 radical (unpaired) electrons. The summed E-state index contributed by atoms with van der Waals surface area (Å²) >= 11 is 0. The first-order valence-electron chi connectivity index (χ1n) is 7.96. The lowest BCUT2D eigenvalue weighted by atomic mass is 9.81. The van der Waals surface area contributed by atoms with E-state index in [0.717, 1.165) is 24.2 Å². The van der Waals surface area contributed by atoms with Crippen LogP contribution in [0.5, 0.6) is 0 Å². The molecule has 0 bridgehead atoms. The minimum atomic E-state index is 0.166. The molecule has 1 aromatic carbocycles. The molecule has 2 atom stereocenters. The van der Waals surface area contributed by atoms with Crippen LogP contribution in [0.25, 0.3) is 0 Å². The third-order valence-corrected chi connectivity index (χ3v) is 4.97. The zero-order chi connectivity index (χ0) is 14.8. The second-order valence-electron chi connectivity index (χ2n) is 7.25. The van der Waals surface area contributed by atoms with E-state index >= 15 is 0 Å². The van der Waals surface area contributed by atoms with Gasteiger partial charge in [0.1, 0.15) is 0 Å². The van der Waals surface area contributed by atoms with Gasteiger partial charge in [0.05, 0.1) is 0 Å². The second-order valence-corrected chi connectivity index (χ2v) is 7.25. The van der Waals surface area contributed by atoms with Crippen molar-refractivity contribution in [3.05, 3.63) is 29.8 Å². The molecule has 1 saturated carbocycles. The molecule has 0 aromatic heterocycles. The van der Waals surface area contributed by atoms with Crippen LogP contribution in [0.2, 0.25) is 0 Å². The Bertz CT molecular complexity index is 422. The number of hydrogen-bond acceptors (Lipinski definition) is 2. The minimum absolute atomic E-state index is 0.166. The van der Waals surface area contributed by atoms with E-state index in [1.165, 1.54) is 31.2 Å². The molecule has 0 heterocycles. The fraction of sp³-hybridized carbons (Fsp3) is 0.667. The molecule has 2 rings (SSSR count). The summed E-state index contributed by atoms with van der Waals surface area (Å²) in [5.74, 6) is 0.830. The Morgan fingerprint density at radius 1 is 1.15 bits per heavy atom. The van der Waals surface area contributed by atoms with Gasteiger partial charge in [-0.15, -0.1) is 0 Å². The third-order valence-electron chi connectivity index (χ3n) is 4.97. The molecule has 2 heteroatoms. The molecule has 2 nitrogen and oxygen atoms in total. The summed E-state index contributed by atoms with van der Waals surface area (Å²) in [6, 6.07) is 9.12.